The lowest BCUT2D eigenvalue weighted by Crippen LogP contribution is -2.44. The minimum atomic E-state index is -0.443. The van der Waals surface area contributed by atoms with Crippen molar-refractivity contribution in [3.63, 3.8) is 0 Å². The Bertz CT molecular complexity index is 347. The van der Waals surface area contributed by atoms with E-state index < -0.39 is 6.04 Å². The van der Waals surface area contributed by atoms with Gasteiger partial charge in [0, 0.05) is 0 Å². The van der Waals surface area contributed by atoms with Gasteiger partial charge in [-0.25, -0.2) is 0 Å². The summed E-state index contributed by atoms with van der Waals surface area (Å²) in [5.41, 5.74) is 5.80. The Morgan fingerprint density at radius 1 is 1.56 bits per heavy atom. The molecule has 1 amide bonds. The van der Waals surface area contributed by atoms with Crippen molar-refractivity contribution in [2.45, 2.75) is 39.8 Å². The first-order valence-corrected chi connectivity index (χ1v) is 5.63. The average molecular weight is 224 g/mol. The summed E-state index contributed by atoms with van der Waals surface area (Å²) in [7, 11) is 0. The molecule has 0 bridgehead atoms. The number of furan rings is 1. The van der Waals surface area contributed by atoms with Crippen molar-refractivity contribution >= 4 is 5.91 Å². The van der Waals surface area contributed by atoms with E-state index in [9.17, 15) is 4.79 Å². The van der Waals surface area contributed by atoms with Crippen molar-refractivity contribution in [3.8, 4) is 0 Å². The van der Waals surface area contributed by atoms with Gasteiger partial charge in [0.15, 0.2) is 0 Å². The fourth-order valence-electron chi connectivity index (χ4n) is 1.38. The van der Waals surface area contributed by atoms with Crippen LogP contribution in [0.2, 0.25) is 0 Å². The van der Waals surface area contributed by atoms with E-state index in [0.29, 0.717) is 6.54 Å². The third kappa shape index (κ3) is 3.38. The predicted molar refractivity (Wildman–Crippen MR) is 62.7 cm³/mol. The predicted octanol–water partition coefficient (Wildman–Crippen LogP) is 1.58. The Morgan fingerprint density at radius 2 is 2.25 bits per heavy atom. The summed E-state index contributed by atoms with van der Waals surface area (Å²) in [6.45, 7) is 6.27. The molecule has 0 saturated carbocycles. The van der Waals surface area contributed by atoms with Crippen LogP contribution < -0.4 is 11.1 Å². The Hall–Kier alpha value is -1.29. The van der Waals surface area contributed by atoms with Gasteiger partial charge in [0.25, 0.3) is 0 Å². The van der Waals surface area contributed by atoms with Gasteiger partial charge in [-0.1, -0.05) is 20.3 Å². The molecule has 90 valence electrons. The normalized spacial score (nSPS) is 14.5. The van der Waals surface area contributed by atoms with E-state index in [0.717, 1.165) is 17.9 Å². The summed E-state index contributed by atoms with van der Waals surface area (Å²) in [6.07, 6.45) is 0.897. The molecule has 4 heteroatoms. The van der Waals surface area contributed by atoms with E-state index in [1.54, 1.807) is 0 Å². The van der Waals surface area contributed by atoms with Crippen LogP contribution in [0.1, 0.15) is 31.8 Å². The third-order valence-corrected chi connectivity index (χ3v) is 2.79. The molecule has 0 spiro atoms. The van der Waals surface area contributed by atoms with Crippen LogP contribution in [0.3, 0.4) is 0 Å². The van der Waals surface area contributed by atoms with Crippen molar-refractivity contribution in [1.82, 2.24) is 5.32 Å². The van der Waals surface area contributed by atoms with Gasteiger partial charge in [-0.2, -0.15) is 0 Å². The maximum absolute atomic E-state index is 11.6. The van der Waals surface area contributed by atoms with Crippen molar-refractivity contribution in [2.75, 3.05) is 0 Å². The lowest BCUT2D eigenvalue weighted by molar-refractivity contribution is -0.123. The molecule has 1 unspecified atom stereocenters. The van der Waals surface area contributed by atoms with E-state index in [-0.39, 0.29) is 11.8 Å². The van der Waals surface area contributed by atoms with Crippen LogP contribution >= 0.6 is 0 Å². The third-order valence-electron chi connectivity index (χ3n) is 2.79. The zero-order chi connectivity index (χ0) is 12.1. The summed E-state index contributed by atoms with van der Waals surface area (Å²) in [4.78, 5) is 11.6. The monoisotopic (exact) mass is 224 g/mol. The first kappa shape index (κ1) is 12.8. The molecule has 0 aliphatic rings. The van der Waals surface area contributed by atoms with Gasteiger partial charge < -0.3 is 15.5 Å². The maximum Gasteiger partial charge on any atom is 0.237 e. The van der Waals surface area contributed by atoms with Crippen LogP contribution in [0.4, 0.5) is 0 Å². The second kappa shape index (κ2) is 5.70. The van der Waals surface area contributed by atoms with E-state index in [1.807, 2.05) is 32.9 Å². The molecule has 0 aliphatic heterocycles. The van der Waals surface area contributed by atoms with Gasteiger partial charge in [0.05, 0.1) is 12.6 Å². The minimum absolute atomic E-state index is 0.122. The highest BCUT2D eigenvalue weighted by molar-refractivity contribution is 5.81. The van der Waals surface area contributed by atoms with Crippen LogP contribution in [0, 0.1) is 12.8 Å². The lowest BCUT2D eigenvalue weighted by Gasteiger charge is -2.17. The van der Waals surface area contributed by atoms with Gasteiger partial charge >= 0.3 is 0 Å². The van der Waals surface area contributed by atoms with Crippen LogP contribution in [0.25, 0.3) is 0 Å². The number of hydrogen-bond acceptors (Lipinski definition) is 3. The Morgan fingerprint density at radius 3 is 2.75 bits per heavy atom. The first-order valence-electron chi connectivity index (χ1n) is 5.63. The average Bonchev–Trinajstić information content (AvgIpc) is 2.69. The zero-order valence-electron chi connectivity index (χ0n) is 10.1. The number of carbonyl (C=O) groups is 1. The van der Waals surface area contributed by atoms with Gasteiger partial charge in [0.2, 0.25) is 5.91 Å². The van der Waals surface area contributed by atoms with Crippen LogP contribution in [0.5, 0.6) is 0 Å². The van der Waals surface area contributed by atoms with Crippen molar-refractivity contribution in [3.05, 3.63) is 23.7 Å². The highest BCUT2D eigenvalue weighted by Gasteiger charge is 2.19. The molecule has 1 aromatic heterocycles. The van der Waals surface area contributed by atoms with Crippen molar-refractivity contribution < 1.29 is 9.21 Å². The molecule has 0 aromatic carbocycles. The van der Waals surface area contributed by atoms with Gasteiger partial charge in [-0.05, 0) is 25.0 Å². The van der Waals surface area contributed by atoms with Gasteiger partial charge in [-0.15, -0.1) is 0 Å². The zero-order valence-corrected chi connectivity index (χ0v) is 10.1. The molecule has 0 fully saturated rings. The topological polar surface area (TPSA) is 68.3 Å². The molecule has 16 heavy (non-hydrogen) atoms. The number of amides is 1. The second-order valence-electron chi connectivity index (χ2n) is 4.14. The fourth-order valence-corrected chi connectivity index (χ4v) is 1.38. The number of rotatable bonds is 5. The minimum Gasteiger partial charge on any atom is -0.465 e. The number of nitrogens with two attached hydrogens (primary N) is 1. The molecule has 1 heterocycles. The first-order chi connectivity index (χ1) is 7.54. The van der Waals surface area contributed by atoms with Gasteiger partial charge in [-0.3, -0.25) is 4.79 Å². The summed E-state index contributed by atoms with van der Waals surface area (Å²) >= 11 is 0. The summed E-state index contributed by atoms with van der Waals surface area (Å²) in [6, 6.07) is 3.28. The smallest absolute Gasteiger partial charge is 0.237 e. The Kier molecular flexibility index (Phi) is 4.55. The van der Waals surface area contributed by atoms with E-state index in [4.69, 9.17) is 10.2 Å². The molecule has 3 N–H and O–H groups in total. The molecular formula is C12H20N2O2. The number of hydrogen-bond donors (Lipinski definition) is 2. The molecule has 0 saturated heterocycles. The SMILES string of the molecule is CCC(C)[C@H](N)C(=O)NCc1ccc(C)o1. The van der Waals surface area contributed by atoms with Crippen LogP contribution in [0.15, 0.2) is 16.5 Å². The maximum atomic E-state index is 11.6. The Labute approximate surface area is 96.2 Å². The standard InChI is InChI=1S/C12H20N2O2/c1-4-8(2)11(13)12(15)14-7-10-6-5-9(3)16-10/h5-6,8,11H,4,7,13H2,1-3H3,(H,14,15)/t8?,11-/m0/s1. The van der Waals surface area contributed by atoms with Gasteiger partial charge in [0.1, 0.15) is 11.5 Å². The molecular weight excluding hydrogens is 204 g/mol. The fraction of sp³-hybridized carbons (Fsp3) is 0.583. The Balaban J connectivity index is 2.40. The summed E-state index contributed by atoms with van der Waals surface area (Å²) < 4.78 is 5.34. The lowest BCUT2D eigenvalue weighted by atomic mass is 9.99. The molecule has 2 atom stereocenters. The second-order valence-corrected chi connectivity index (χ2v) is 4.14. The van der Waals surface area contributed by atoms with E-state index >= 15 is 0 Å². The van der Waals surface area contributed by atoms with Crippen LogP contribution in [-0.2, 0) is 11.3 Å². The molecule has 1 rings (SSSR count). The quantitative estimate of drug-likeness (QED) is 0.797. The summed E-state index contributed by atoms with van der Waals surface area (Å²) in [5.74, 6) is 1.67. The molecule has 1 aromatic rings. The number of nitrogens with one attached hydrogen (secondary N) is 1. The molecule has 0 radical (unpaired) electrons. The molecule has 0 aliphatic carbocycles. The largest absolute Gasteiger partial charge is 0.465 e. The van der Waals surface area contributed by atoms with E-state index in [2.05, 4.69) is 5.32 Å². The highest BCUT2D eigenvalue weighted by Crippen LogP contribution is 2.07. The van der Waals surface area contributed by atoms with Crippen molar-refractivity contribution in [2.24, 2.45) is 11.7 Å². The van der Waals surface area contributed by atoms with Crippen molar-refractivity contribution in [1.29, 1.82) is 0 Å². The highest BCUT2D eigenvalue weighted by atomic mass is 16.3. The van der Waals surface area contributed by atoms with Crippen LogP contribution in [-0.4, -0.2) is 11.9 Å². The van der Waals surface area contributed by atoms with E-state index in [1.165, 1.54) is 0 Å². The summed E-state index contributed by atoms with van der Waals surface area (Å²) in [5, 5.41) is 2.77. The number of carbonyl (C=O) groups excluding carboxylic acids is 1. The molecule has 4 nitrogen and oxygen atoms in total. The number of aryl methyl sites for hydroxylation is 1.